The summed E-state index contributed by atoms with van der Waals surface area (Å²) in [5, 5.41) is 6.95. The van der Waals surface area contributed by atoms with Gasteiger partial charge in [0.25, 0.3) is 0 Å². The summed E-state index contributed by atoms with van der Waals surface area (Å²) in [6.07, 6.45) is -1.55. The summed E-state index contributed by atoms with van der Waals surface area (Å²) in [4.78, 5) is 44.7. The number of hydrogen-bond acceptors (Lipinski definition) is 7. The van der Waals surface area contributed by atoms with Crippen LogP contribution in [0, 0.1) is 0 Å². The minimum Gasteiger partial charge on any atom is -0.447 e. The summed E-state index contributed by atoms with van der Waals surface area (Å²) in [6, 6.07) is 0. The number of hydrogen-bond donors (Lipinski definition) is 5. The zero-order chi connectivity index (χ0) is 17.9. The Bertz CT molecular complexity index is 434. The van der Waals surface area contributed by atoms with Crippen LogP contribution in [0.4, 0.5) is 9.59 Å². The van der Waals surface area contributed by atoms with E-state index in [0.717, 1.165) is 0 Å². The summed E-state index contributed by atoms with van der Waals surface area (Å²) in [7, 11) is 0. The van der Waals surface area contributed by atoms with Crippen molar-refractivity contribution in [2.75, 3.05) is 26.2 Å². The predicted octanol–water partition coefficient (Wildman–Crippen LogP) is -1.66. The van der Waals surface area contributed by atoms with Gasteiger partial charge in [-0.1, -0.05) is 0 Å². The van der Waals surface area contributed by atoms with Gasteiger partial charge in [-0.3, -0.25) is 15.0 Å². The number of nitrogens with one attached hydrogen (secondary N) is 4. The second kappa shape index (κ2) is 10.2. The molecule has 0 aromatic heterocycles. The number of carbonyl (C=O) groups is 4. The summed E-state index contributed by atoms with van der Waals surface area (Å²) >= 11 is 0. The van der Waals surface area contributed by atoms with Gasteiger partial charge < -0.3 is 25.4 Å². The van der Waals surface area contributed by atoms with Crippen molar-refractivity contribution in [3.05, 3.63) is 0 Å². The highest BCUT2D eigenvalue weighted by atomic mass is 16.6. The number of amides is 4. The third-order valence-corrected chi connectivity index (χ3v) is 2.01. The molecule has 4 amide bonds. The average molecular weight is 333 g/mol. The van der Waals surface area contributed by atoms with Crippen molar-refractivity contribution in [1.82, 2.24) is 21.4 Å². The molecule has 11 heteroatoms. The van der Waals surface area contributed by atoms with Crippen molar-refractivity contribution in [2.45, 2.75) is 26.4 Å². The molecule has 6 N–H and O–H groups in total. The number of ether oxygens (including phenoxy) is 2. The van der Waals surface area contributed by atoms with Crippen LogP contribution in [-0.4, -0.2) is 55.8 Å². The molecule has 0 unspecified atom stereocenters. The lowest BCUT2D eigenvalue weighted by Gasteiger charge is -2.19. The first-order valence-corrected chi connectivity index (χ1v) is 6.77. The highest BCUT2D eigenvalue weighted by Gasteiger charge is 2.16. The molecule has 0 heterocycles. The van der Waals surface area contributed by atoms with Crippen molar-refractivity contribution in [3.63, 3.8) is 0 Å². The lowest BCUT2D eigenvalue weighted by Crippen LogP contribution is -2.43. The third kappa shape index (κ3) is 12.9. The molecular weight excluding hydrogens is 310 g/mol. The van der Waals surface area contributed by atoms with Crippen molar-refractivity contribution in [3.8, 4) is 0 Å². The molecule has 0 spiro atoms. The van der Waals surface area contributed by atoms with E-state index in [9.17, 15) is 19.2 Å². The first kappa shape index (κ1) is 20.4. The molecule has 23 heavy (non-hydrogen) atoms. The molecule has 0 atom stereocenters. The van der Waals surface area contributed by atoms with E-state index in [1.54, 1.807) is 26.2 Å². The molecule has 0 rings (SSSR count). The fourth-order valence-corrected chi connectivity index (χ4v) is 1.15. The van der Waals surface area contributed by atoms with E-state index < -0.39 is 29.6 Å². The van der Waals surface area contributed by atoms with Crippen molar-refractivity contribution in [2.24, 2.45) is 5.84 Å². The maximum absolute atomic E-state index is 11.4. The minimum atomic E-state index is -0.819. The standard InChI is InChI=1S/C12H23N5O6/c1-12(2,3)23-10(20)16-7-9(19)15-6-8(18)14-4-5-22-11(21)17-13/h4-7,13H2,1-3H3,(H,14,18)(H,15,19)(H,16,20)(H,17,21). The smallest absolute Gasteiger partial charge is 0.421 e. The monoisotopic (exact) mass is 333 g/mol. The van der Waals surface area contributed by atoms with Gasteiger partial charge in [0, 0.05) is 0 Å². The predicted molar refractivity (Wildman–Crippen MR) is 78.9 cm³/mol. The molecule has 0 saturated heterocycles. The number of alkyl carbamates (subject to hydrolysis) is 1. The van der Waals surface area contributed by atoms with Crippen molar-refractivity contribution < 1.29 is 28.7 Å². The number of carbonyl (C=O) groups excluding carboxylic acids is 4. The highest BCUT2D eigenvalue weighted by molar-refractivity contribution is 5.87. The second-order valence-corrected chi connectivity index (χ2v) is 5.26. The SMILES string of the molecule is CC(C)(C)OC(=O)NCC(=O)NCC(=O)NCCOC(=O)NN. The number of hydrazine groups is 1. The molecule has 0 saturated carbocycles. The van der Waals surface area contributed by atoms with Crippen LogP contribution < -0.4 is 27.2 Å². The maximum atomic E-state index is 11.4. The lowest BCUT2D eigenvalue weighted by molar-refractivity contribution is -0.125. The fourth-order valence-electron chi connectivity index (χ4n) is 1.15. The Morgan fingerprint density at radius 3 is 2.04 bits per heavy atom. The van der Waals surface area contributed by atoms with Gasteiger partial charge in [-0.25, -0.2) is 15.4 Å². The first-order valence-electron chi connectivity index (χ1n) is 6.77. The van der Waals surface area contributed by atoms with Crippen LogP contribution in [0.25, 0.3) is 0 Å². The summed E-state index contributed by atoms with van der Waals surface area (Å²) in [5.74, 6) is 3.75. The first-order chi connectivity index (χ1) is 10.6. The molecule has 0 aromatic rings. The van der Waals surface area contributed by atoms with Gasteiger partial charge in [0.1, 0.15) is 18.8 Å². The van der Waals surface area contributed by atoms with E-state index >= 15 is 0 Å². The quantitative estimate of drug-likeness (QED) is 0.161. The van der Waals surface area contributed by atoms with Crippen LogP contribution >= 0.6 is 0 Å². The van der Waals surface area contributed by atoms with Gasteiger partial charge in [0.05, 0.1) is 13.1 Å². The minimum absolute atomic E-state index is 0.0665. The van der Waals surface area contributed by atoms with E-state index in [2.05, 4.69) is 20.7 Å². The van der Waals surface area contributed by atoms with Gasteiger partial charge in [0.2, 0.25) is 11.8 Å². The number of nitrogens with two attached hydrogens (primary N) is 1. The van der Waals surface area contributed by atoms with Gasteiger partial charge in [-0.15, -0.1) is 0 Å². The van der Waals surface area contributed by atoms with Gasteiger partial charge in [-0.2, -0.15) is 0 Å². The molecule has 0 fully saturated rings. The molecule has 0 aliphatic carbocycles. The zero-order valence-corrected chi connectivity index (χ0v) is 13.4. The fraction of sp³-hybridized carbons (Fsp3) is 0.667. The molecule has 132 valence electrons. The molecule has 0 bridgehead atoms. The Kier molecular flexibility index (Phi) is 9.08. The Morgan fingerprint density at radius 1 is 0.913 bits per heavy atom. The van der Waals surface area contributed by atoms with E-state index in [4.69, 9.17) is 10.6 Å². The van der Waals surface area contributed by atoms with E-state index in [-0.39, 0.29) is 26.2 Å². The van der Waals surface area contributed by atoms with Crippen LogP contribution in [-0.2, 0) is 19.1 Å². The Morgan fingerprint density at radius 2 is 1.48 bits per heavy atom. The van der Waals surface area contributed by atoms with Gasteiger partial charge in [0.15, 0.2) is 0 Å². The van der Waals surface area contributed by atoms with Crippen LogP contribution in [0.3, 0.4) is 0 Å². The van der Waals surface area contributed by atoms with Gasteiger partial charge >= 0.3 is 12.2 Å². The maximum Gasteiger partial charge on any atom is 0.421 e. The van der Waals surface area contributed by atoms with Crippen LogP contribution in [0.1, 0.15) is 20.8 Å². The van der Waals surface area contributed by atoms with Gasteiger partial charge in [-0.05, 0) is 20.8 Å². The molecular formula is C12H23N5O6. The van der Waals surface area contributed by atoms with E-state index in [0.29, 0.717) is 0 Å². The number of rotatable bonds is 7. The topological polar surface area (TPSA) is 161 Å². The van der Waals surface area contributed by atoms with Crippen molar-refractivity contribution in [1.29, 1.82) is 0 Å². The average Bonchev–Trinajstić information content (AvgIpc) is 2.45. The van der Waals surface area contributed by atoms with E-state index in [1.807, 2.05) is 0 Å². The van der Waals surface area contributed by atoms with Crippen molar-refractivity contribution >= 4 is 24.0 Å². The highest BCUT2D eigenvalue weighted by Crippen LogP contribution is 2.05. The van der Waals surface area contributed by atoms with Crippen LogP contribution in [0.5, 0.6) is 0 Å². The molecule has 0 aliphatic heterocycles. The second-order valence-electron chi connectivity index (χ2n) is 5.26. The molecule has 0 aromatic carbocycles. The third-order valence-electron chi connectivity index (χ3n) is 2.01. The Balaban J connectivity index is 3.74. The lowest BCUT2D eigenvalue weighted by atomic mass is 10.2. The van der Waals surface area contributed by atoms with Crippen LogP contribution in [0.15, 0.2) is 0 Å². The zero-order valence-electron chi connectivity index (χ0n) is 13.4. The largest absolute Gasteiger partial charge is 0.447 e. The summed E-state index contributed by atoms with van der Waals surface area (Å²) < 4.78 is 9.48. The Hall–Kier alpha value is -2.56. The van der Waals surface area contributed by atoms with E-state index in [1.165, 1.54) is 0 Å². The molecule has 0 aliphatic rings. The molecule has 0 radical (unpaired) electrons. The Labute approximate surface area is 133 Å². The normalized spacial score (nSPS) is 10.3. The van der Waals surface area contributed by atoms with Crippen LogP contribution in [0.2, 0.25) is 0 Å². The summed E-state index contributed by atoms with van der Waals surface area (Å²) in [5.41, 5.74) is 1.09. The summed E-state index contributed by atoms with van der Waals surface area (Å²) in [6.45, 7) is 4.48. The molecule has 11 nitrogen and oxygen atoms in total.